The van der Waals surface area contributed by atoms with Gasteiger partial charge in [0.05, 0.1) is 0 Å². The van der Waals surface area contributed by atoms with Crippen LogP contribution in [0.5, 0.6) is 0 Å². The Bertz CT molecular complexity index is 808. The zero-order valence-corrected chi connectivity index (χ0v) is 24.7. The lowest BCUT2D eigenvalue weighted by molar-refractivity contribution is 0.293. The topological polar surface area (TPSA) is 9.23 Å². The van der Waals surface area contributed by atoms with Crippen LogP contribution >= 0.6 is 0 Å². The predicted molar refractivity (Wildman–Crippen MR) is 163 cm³/mol. The second kappa shape index (κ2) is 17.5. The van der Waals surface area contributed by atoms with Crippen LogP contribution in [-0.2, 0) is 4.43 Å². The van der Waals surface area contributed by atoms with Gasteiger partial charge in [0, 0.05) is 6.61 Å². The Morgan fingerprint density at radius 2 is 1.00 bits per heavy atom. The molecule has 0 aromatic heterocycles. The molecule has 0 fully saturated rings. The van der Waals surface area contributed by atoms with Crippen molar-refractivity contribution in [3.63, 3.8) is 0 Å². The third-order valence-electron chi connectivity index (χ3n) is 7.06. The first-order chi connectivity index (χ1) is 17.5. The molecule has 0 heterocycles. The molecule has 0 spiro atoms. The molecular formula is C34H52OSi. The third-order valence-corrected chi connectivity index (χ3v) is 12.1. The summed E-state index contributed by atoms with van der Waals surface area (Å²) >= 11 is 0. The van der Waals surface area contributed by atoms with E-state index in [4.69, 9.17) is 4.43 Å². The van der Waals surface area contributed by atoms with E-state index in [1.54, 1.807) is 0 Å². The molecule has 0 aliphatic heterocycles. The summed E-state index contributed by atoms with van der Waals surface area (Å²) < 4.78 is 6.99. The van der Waals surface area contributed by atoms with E-state index < -0.39 is 8.32 Å². The fourth-order valence-corrected chi connectivity index (χ4v) is 9.72. The fourth-order valence-electron chi connectivity index (χ4n) is 5.12. The molecule has 0 radical (unpaired) electrons. The SMILES string of the molecule is CCC=CCCCCCCCCCC=CCCCO[Si](c1ccccc1)(c1ccccc1)C(C)(C)C. The summed E-state index contributed by atoms with van der Waals surface area (Å²) in [5.74, 6) is 0. The summed E-state index contributed by atoms with van der Waals surface area (Å²) in [5, 5.41) is 2.79. The Labute approximate surface area is 224 Å². The summed E-state index contributed by atoms with van der Waals surface area (Å²) in [6, 6.07) is 21.9. The first-order valence-electron chi connectivity index (χ1n) is 14.6. The van der Waals surface area contributed by atoms with Gasteiger partial charge in [-0.1, -0.05) is 145 Å². The van der Waals surface area contributed by atoms with E-state index in [0.29, 0.717) is 0 Å². The molecule has 0 aliphatic carbocycles. The maximum absolute atomic E-state index is 6.99. The standard InChI is InChI=1S/C34H52OSi/c1-5-6-7-8-9-10-11-12-13-14-15-16-17-18-19-26-31-35-36(34(2,3)4,32-27-22-20-23-28-32)33-29-24-21-25-30-33/h6-7,17-18,20-25,27-30H,5,8-16,19,26,31H2,1-4H3. The lowest BCUT2D eigenvalue weighted by Gasteiger charge is -2.43. The van der Waals surface area contributed by atoms with Gasteiger partial charge in [-0.15, -0.1) is 0 Å². The van der Waals surface area contributed by atoms with Gasteiger partial charge >= 0.3 is 0 Å². The number of benzene rings is 2. The van der Waals surface area contributed by atoms with Crippen molar-refractivity contribution in [3.05, 3.63) is 85.0 Å². The highest BCUT2D eigenvalue weighted by Crippen LogP contribution is 2.36. The Morgan fingerprint density at radius 1 is 0.583 bits per heavy atom. The number of hydrogen-bond donors (Lipinski definition) is 0. The van der Waals surface area contributed by atoms with Gasteiger partial charge < -0.3 is 4.43 Å². The first kappa shape index (κ1) is 30.3. The number of hydrogen-bond acceptors (Lipinski definition) is 1. The van der Waals surface area contributed by atoms with Crippen molar-refractivity contribution < 1.29 is 4.43 Å². The van der Waals surface area contributed by atoms with Crippen LogP contribution in [0.3, 0.4) is 0 Å². The van der Waals surface area contributed by atoms with Gasteiger partial charge in [-0.05, 0) is 60.4 Å². The quantitative estimate of drug-likeness (QED) is 0.112. The van der Waals surface area contributed by atoms with Gasteiger partial charge in [0.1, 0.15) is 0 Å². The molecule has 2 aromatic rings. The van der Waals surface area contributed by atoms with Gasteiger partial charge in [-0.3, -0.25) is 0 Å². The molecule has 0 aliphatic rings. The van der Waals surface area contributed by atoms with Gasteiger partial charge in [0.15, 0.2) is 0 Å². The minimum Gasteiger partial charge on any atom is -0.407 e. The maximum atomic E-state index is 6.99. The van der Waals surface area contributed by atoms with E-state index in [2.05, 4.69) is 113 Å². The lowest BCUT2D eigenvalue weighted by Crippen LogP contribution is -2.66. The summed E-state index contributed by atoms with van der Waals surface area (Å²) in [6.07, 6.45) is 24.9. The van der Waals surface area contributed by atoms with Crippen LogP contribution in [0, 0.1) is 0 Å². The molecular weight excluding hydrogens is 452 g/mol. The zero-order valence-electron chi connectivity index (χ0n) is 23.7. The molecule has 36 heavy (non-hydrogen) atoms. The normalized spacial score (nSPS) is 12.7. The van der Waals surface area contributed by atoms with Crippen LogP contribution in [-0.4, -0.2) is 14.9 Å². The largest absolute Gasteiger partial charge is 0.407 e. The van der Waals surface area contributed by atoms with Crippen LogP contribution in [0.2, 0.25) is 5.04 Å². The van der Waals surface area contributed by atoms with Crippen molar-refractivity contribution in [2.45, 2.75) is 110 Å². The van der Waals surface area contributed by atoms with E-state index in [1.807, 2.05) is 0 Å². The summed E-state index contributed by atoms with van der Waals surface area (Å²) in [4.78, 5) is 0. The van der Waals surface area contributed by atoms with E-state index >= 15 is 0 Å². The number of unbranched alkanes of at least 4 members (excludes halogenated alkanes) is 9. The second-order valence-corrected chi connectivity index (χ2v) is 15.4. The number of allylic oxidation sites excluding steroid dienone is 4. The highest BCUT2D eigenvalue weighted by Gasteiger charge is 2.49. The van der Waals surface area contributed by atoms with Crippen LogP contribution in [0.4, 0.5) is 0 Å². The Balaban J connectivity index is 1.71. The molecule has 198 valence electrons. The van der Waals surface area contributed by atoms with Crippen molar-refractivity contribution in [2.24, 2.45) is 0 Å². The zero-order chi connectivity index (χ0) is 26.0. The molecule has 2 rings (SSSR count). The van der Waals surface area contributed by atoms with Crippen LogP contribution < -0.4 is 10.4 Å². The van der Waals surface area contributed by atoms with E-state index in [1.165, 1.54) is 74.6 Å². The van der Waals surface area contributed by atoms with Gasteiger partial charge in [-0.25, -0.2) is 0 Å². The molecule has 1 nitrogen and oxygen atoms in total. The van der Waals surface area contributed by atoms with Crippen LogP contribution in [0.15, 0.2) is 85.0 Å². The van der Waals surface area contributed by atoms with Crippen molar-refractivity contribution in [2.75, 3.05) is 6.61 Å². The molecule has 0 atom stereocenters. The Morgan fingerprint density at radius 3 is 1.44 bits per heavy atom. The summed E-state index contributed by atoms with van der Waals surface area (Å²) in [7, 11) is -2.39. The second-order valence-electron chi connectivity index (χ2n) is 11.1. The number of rotatable bonds is 18. The van der Waals surface area contributed by atoms with Crippen molar-refractivity contribution in [3.8, 4) is 0 Å². The molecule has 0 bridgehead atoms. The molecule has 0 N–H and O–H groups in total. The maximum Gasteiger partial charge on any atom is 0.261 e. The van der Waals surface area contributed by atoms with Crippen LogP contribution in [0.1, 0.15) is 105 Å². The van der Waals surface area contributed by atoms with Crippen molar-refractivity contribution in [1.82, 2.24) is 0 Å². The average molecular weight is 505 g/mol. The van der Waals surface area contributed by atoms with Gasteiger partial charge in [-0.2, -0.15) is 0 Å². The van der Waals surface area contributed by atoms with E-state index in [0.717, 1.165) is 19.4 Å². The molecule has 0 unspecified atom stereocenters. The molecule has 0 amide bonds. The monoisotopic (exact) mass is 504 g/mol. The Hall–Kier alpha value is -1.90. The molecule has 2 heteroatoms. The highest BCUT2D eigenvalue weighted by atomic mass is 28.4. The molecule has 0 saturated heterocycles. The van der Waals surface area contributed by atoms with Gasteiger partial charge in [0.25, 0.3) is 8.32 Å². The minimum atomic E-state index is -2.39. The molecule has 0 saturated carbocycles. The van der Waals surface area contributed by atoms with Gasteiger partial charge in [0.2, 0.25) is 0 Å². The predicted octanol–water partition coefficient (Wildman–Crippen LogP) is 9.38. The lowest BCUT2D eigenvalue weighted by atomic mass is 10.1. The summed E-state index contributed by atoms with van der Waals surface area (Å²) in [5.41, 5.74) is 0. The van der Waals surface area contributed by atoms with Crippen LogP contribution in [0.25, 0.3) is 0 Å². The van der Waals surface area contributed by atoms with E-state index in [9.17, 15) is 0 Å². The third kappa shape index (κ3) is 10.2. The average Bonchev–Trinajstić information content (AvgIpc) is 2.88. The smallest absolute Gasteiger partial charge is 0.261 e. The first-order valence-corrected chi connectivity index (χ1v) is 16.5. The van der Waals surface area contributed by atoms with Crippen molar-refractivity contribution in [1.29, 1.82) is 0 Å². The fraction of sp³-hybridized carbons (Fsp3) is 0.529. The molecule has 2 aromatic carbocycles. The highest BCUT2D eigenvalue weighted by molar-refractivity contribution is 6.99. The van der Waals surface area contributed by atoms with E-state index in [-0.39, 0.29) is 5.04 Å². The summed E-state index contributed by atoms with van der Waals surface area (Å²) in [6.45, 7) is 10.1. The Kier molecular flexibility index (Phi) is 14.8. The minimum absolute atomic E-state index is 0.0532. The van der Waals surface area contributed by atoms with Crippen molar-refractivity contribution >= 4 is 18.7 Å².